The molecule has 0 bridgehead atoms. The average Bonchev–Trinajstić information content (AvgIpc) is 2.77. The second-order valence-corrected chi connectivity index (χ2v) is 4.64. The van der Waals surface area contributed by atoms with Crippen molar-refractivity contribution < 1.29 is 0 Å². The van der Waals surface area contributed by atoms with Crippen molar-refractivity contribution in [2.75, 3.05) is 0 Å². The highest BCUT2D eigenvalue weighted by Crippen LogP contribution is 2.22. The zero-order chi connectivity index (χ0) is 11.4. The average molecular weight is 219 g/mol. The molecule has 1 unspecified atom stereocenters. The Kier molecular flexibility index (Phi) is 3.78. The van der Waals surface area contributed by atoms with Crippen LogP contribution in [0.25, 0.3) is 0 Å². The minimum absolute atomic E-state index is 0.127. The second kappa shape index (κ2) is 5.30. The van der Waals surface area contributed by atoms with Gasteiger partial charge in [-0.25, -0.2) is 4.98 Å². The van der Waals surface area contributed by atoms with E-state index in [1.807, 2.05) is 12.5 Å². The van der Waals surface area contributed by atoms with Crippen LogP contribution in [0.1, 0.15) is 44.3 Å². The SMILES string of the molecule is CC[C@@H](N)c1cncn1CC1CC=CCC1. The molecule has 1 aromatic rings. The van der Waals surface area contributed by atoms with Crippen LogP contribution in [0.4, 0.5) is 0 Å². The Morgan fingerprint density at radius 2 is 2.44 bits per heavy atom. The first-order chi connectivity index (χ1) is 7.81. The molecule has 88 valence electrons. The summed E-state index contributed by atoms with van der Waals surface area (Å²) < 4.78 is 2.23. The highest BCUT2D eigenvalue weighted by molar-refractivity contribution is 5.04. The minimum Gasteiger partial charge on any atom is -0.333 e. The van der Waals surface area contributed by atoms with Crippen LogP contribution in [-0.4, -0.2) is 9.55 Å². The van der Waals surface area contributed by atoms with Gasteiger partial charge in [-0.05, 0) is 31.6 Å². The molecule has 1 aromatic heterocycles. The number of nitrogens with zero attached hydrogens (tertiary/aromatic N) is 2. The van der Waals surface area contributed by atoms with E-state index in [-0.39, 0.29) is 6.04 Å². The fourth-order valence-electron chi connectivity index (χ4n) is 2.30. The predicted molar refractivity (Wildman–Crippen MR) is 65.9 cm³/mol. The molecule has 2 atom stereocenters. The van der Waals surface area contributed by atoms with Gasteiger partial charge in [0, 0.05) is 18.8 Å². The molecule has 0 fully saturated rings. The van der Waals surface area contributed by atoms with Crippen molar-refractivity contribution in [1.29, 1.82) is 0 Å². The summed E-state index contributed by atoms with van der Waals surface area (Å²) in [6.07, 6.45) is 13.1. The highest BCUT2D eigenvalue weighted by Gasteiger charge is 2.14. The Morgan fingerprint density at radius 1 is 1.56 bits per heavy atom. The number of aromatic nitrogens is 2. The molecule has 0 aromatic carbocycles. The van der Waals surface area contributed by atoms with E-state index in [0.29, 0.717) is 0 Å². The lowest BCUT2D eigenvalue weighted by Crippen LogP contribution is -2.18. The van der Waals surface area contributed by atoms with Gasteiger partial charge in [-0.2, -0.15) is 0 Å². The largest absolute Gasteiger partial charge is 0.333 e. The summed E-state index contributed by atoms with van der Waals surface area (Å²) in [5, 5.41) is 0. The molecule has 2 rings (SSSR count). The third kappa shape index (κ3) is 2.53. The van der Waals surface area contributed by atoms with Crippen LogP contribution in [-0.2, 0) is 6.54 Å². The van der Waals surface area contributed by atoms with E-state index < -0.39 is 0 Å². The molecular weight excluding hydrogens is 198 g/mol. The molecule has 3 heteroatoms. The van der Waals surface area contributed by atoms with E-state index in [2.05, 4.69) is 28.6 Å². The summed E-state index contributed by atoms with van der Waals surface area (Å²) in [6.45, 7) is 3.18. The van der Waals surface area contributed by atoms with E-state index >= 15 is 0 Å². The lowest BCUT2D eigenvalue weighted by atomic mass is 9.94. The molecule has 16 heavy (non-hydrogen) atoms. The normalized spacial score (nSPS) is 22.2. The first kappa shape index (κ1) is 11.4. The van der Waals surface area contributed by atoms with Gasteiger partial charge in [0.2, 0.25) is 0 Å². The number of rotatable bonds is 4. The van der Waals surface area contributed by atoms with Crippen LogP contribution < -0.4 is 5.73 Å². The molecule has 0 aliphatic heterocycles. The molecule has 0 saturated carbocycles. The second-order valence-electron chi connectivity index (χ2n) is 4.64. The summed E-state index contributed by atoms with van der Waals surface area (Å²) in [5.74, 6) is 0.752. The van der Waals surface area contributed by atoms with Crippen molar-refractivity contribution in [2.24, 2.45) is 11.7 Å². The van der Waals surface area contributed by atoms with Crippen LogP contribution in [0.2, 0.25) is 0 Å². The van der Waals surface area contributed by atoms with Gasteiger partial charge in [-0.15, -0.1) is 0 Å². The lowest BCUT2D eigenvalue weighted by Gasteiger charge is -2.21. The molecule has 0 spiro atoms. The number of imidazole rings is 1. The summed E-state index contributed by atoms with van der Waals surface area (Å²) in [7, 11) is 0. The van der Waals surface area contributed by atoms with Crippen LogP contribution in [0.5, 0.6) is 0 Å². The van der Waals surface area contributed by atoms with Gasteiger partial charge in [-0.3, -0.25) is 0 Å². The highest BCUT2D eigenvalue weighted by atomic mass is 15.1. The third-order valence-corrected chi connectivity index (χ3v) is 3.40. The number of hydrogen-bond acceptors (Lipinski definition) is 2. The molecule has 1 heterocycles. The fourth-order valence-corrected chi connectivity index (χ4v) is 2.30. The summed E-state index contributed by atoms with van der Waals surface area (Å²) in [5.41, 5.74) is 7.25. The molecule has 0 amide bonds. The standard InChI is InChI=1S/C13H21N3/c1-2-12(14)13-8-15-10-16(13)9-11-6-4-3-5-7-11/h3-4,8,10-12H,2,5-7,9,14H2,1H3/t11?,12-/m1/s1. The Morgan fingerprint density at radius 3 is 3.12 bits per heavy atom. The third-order valence-electron chi connectivity index (χ3n) is 3.40. The Balaban J connectivity index is 2.03. The maximum atomic E-state index is 6.07. The minimum atomic E-state index is 0.127. The van der Waals surface area contributed by atoms with E-state index in [0.717, 1.165) is 18.9 Å². The molecule has 0 saturated heterocycles. The maximum Gasteiger partial charge on any atom is 0.0948 e. The zero-order valence-corrected chi connectivity index (χ0v) is 9.97. The van der Waals surface area contributed by atoms with Crippen molar-refractivity contribution in [3.8, 4) is 0 Å². The smallest absolute Gasteiger partial charge is 0.0948 e. The van der Waals surface area contributed by atoms with E-state index in [1.165, 1.54) is 25.0 Å². The molecule has 1 aliphatic rings. The van der Waals surface area contributed by atoms with E-state index in [9.17, 15) is 0 Å². The van der Waals surface area contributed by atoms with Gasteiger partial charge in [0.25, 0.3) is 0 Å². The first-order valence-electron chi connectivity index (χ1n) is 6.22. The van der Waals surface area contributed by atoms with E-state index in [1.54, 1.807) is 0 Å². The number of nitrogens with two attached hydrogens (primary N) is 1. The topological polar surface area (TPSA) is 43.8 Å². The molecule has 3 nitrogen and oxygen atoms in total. The first-order valence-corrected chi connectivity index (χ1v) is 6.22. The van der Waals surface area contributed by atoms with Crippen LogP contribution in [0, 0.1) is 5.92 Å². The Bertz CT molecular complexity index is 354. The number of hydrogen-bond donors (Lipinski definition) is 1. The molecule has 2 N–H and O–H groups in total. The quantitative estimate of drug-likeness (QED) is 0.791. The lowest BCUT2D eigenvalue weighted by molar-refractivity contribution is 0.398. The summed E-state index contributed by atoms with van der Waals surface area (Å²) in [6, 6.07) is 0.127. The maximum absolute atomic E-state index is 6.07. The van der Waals surface area contributed by atoms with Crippen LogP contribution >= 0.6 is 0 Å². The molecule has 1 aliphatic carbocycles. The van der Waals surface area contributed by atoms with Gasteiger partial charge >= 0.3 is 0 Å². The monoisotopic (exact) mass is 219 g/mol. The summed E-state index contributed by atoms with van der Waals surface area (Å²) >= 11 is 0. The molecular formula is C13H21N3. The van der Waals surface area contributed by atoms with Gasteiger partial charge in [-0.1, -0.05) is 19.1 Å². The van der Waals surface area contributed by atoms with Crippen molar-refractivity contribution in [1.82, 2.24) is 9.55 Å². The Labute approximate surface area is 97.4 Å². The number of allylic oxidation sites excluding steroid dienone is 2. The van der Waals surface area contributed by atoms with E-state index in [4.69, 9.17) is 5.73 Å². The zero-order valence-electron chi connectivity index (χ0n) is 9.97. The summed E-state index contributed by atoms with van der Waals surface area (Å²) in [4.78, 5) is 4.22. The van der Waals surface area contributed by atoms with Crippen LogP contribution in [0.15, 0.2) is 24.7 Å². The van der Waals surface area contributed by atoms with Gasteiger partial charge in [0.1, 0.15) is 0 Å². The van der Waals surface area contributed by atoms with Gasteiger partial charge in [0.15, 0.2) is 0 Å². The Hall–Kier alpha value is -1.09. The van der Waals surface area contributed by atoms with Crippen molar-refractivity contribution in [2.45, 2.75) is 45.2 Å². The van der Waals surface area contributed by atoms with Gasteiger partial charge < -0.3 is 10.3 Å². The van der Waals surface area contributed by atoms with Crippen molar-refractivity contribution in [3.63, 3.8) is 0 Å². The van der Waals surface area contributed by atoms with Crippen LogP contribution in [0.3, 0.4) is 0 Å². The fraction of sp³-hybridized carbons (Fsp3) is 0.615. The molecule has 0 radical (unpaired) electrons. The van der Waals surface area contributed by atoms with Crippen molar-refractivity contribution >= 4 is 0 Å². The predicted octanol–water partition coefficient (Wildman–Crippen LogP) is 2.65. The van der Waals surface area contributed by atoms with Crippen molar-refractivity contribution in [3.05, 3.63) is 30.4 Å². The van der Waals surface area contributed by atoms with Gasteiger partial charge in [0.05, 0.1) is 12.0 Å².